The van der Waals surface area contributed by atoms with Crippen molar-refractivity contribution in [3.8, 4) is 0 Å². The van der Waals surface area contributed by atoms with Gasteiger partial charge < -0.3 is 15.2 Å². The summed E-state index contributed by atoms with van der Waals surface area (Å²) in [6.07, 6.45) is 5.62. The molecular formula is C31H41F3N4. The molecule has 7 heteroatoms. The molecule has 4 nitrogen and oxygen atoms in total. The third-order valence-corrected chi connectivity index (χ3v) is 8.45. The molecule has 1 aromatic heterocycles. The van der Waals surface area contributed by atoms with Crippen molar-refractivity contribution in [2.75, 3.05) is 37.6 Å². The van der Waals surface area contributed by atoms with Crippen LogP contribution in [0.3, 0.4) is 0 Å². The van der Waals surface area contributed by atoms with Crippen molar-refractivity contribution < 1.29 is 13.2 Å². The second-order valence-electron chi connectivity index (χ2n) is 12.2. The van der Waals surface area contributed by atoms with Gasteiger partial charge in [-0.25, -0.2) is 13.2 Å². The van der Waals surface area contributed by atoms with Crippen molar-refractivity contribution in [2.24, 2.45) is 5.41 Å². The van der Waals surface area contributed by atoms with E-state index in [0.717, 1.165) is 58.1 Å². The van der Waals surface area contributed by atoms with Crippen LogP contribution in [-0.4, -0.2) is 54.3 Å². The molecule has 206 valence electrons. The summed E-state index contributed by atoms with van der Waals surface area (Å²) in [4.78, 5) is 7.84. The summed E-state index contributed by atoms with van der Waals surface area (Å²) < 4.78 is 40.4. The van der Waals surface area contributed by atoms with Crippen LogP contribution in [0.4, 0.5) is 18.9 Å². The summed E-state index contributed by atoms with van der Waals surface area (Å²) in [6.45, 7) is 10.9. The zero-order valence-corrected chi connectivity index (χ0v) is 22.9. The molecule has 2 aromatic carbocycles. The number of hydrogen-bond donors (Lipinski definition) is 2. The number of aromatic amines is 1. The summed E-state index contributed by atoms with van der Waals surface area (Å²) in [7, 11) is 0. The monoisotopic (exact) mass is 526 g/mol. The van der Waals surface area contributed by atoms with Gasteiger partial charge in [0.2, 0.25) is 0 Å². The van der Waals surface area contributed by atoms with Gasteiger partial charge in [-0.3, -0.25) is 4.90 Å². The van der Waals surface area contributed by atoms with Gasteiger partial charge in [-0.15, -0.1) is 0 Å². The number of rotatable bonds is 3. The van der Waals surface area contributed by atoms with Gasteiger partial charge in [0.05, 0.1) is 0 Å². The molecule has 1 spiro atoms. The molecule has 0 bridgehead atoms. The minimum atomic E-state index is -1.14. The number of anilines is 1. The Morgan fingerprint density at radius 2 is 1.66 bits per heavy atom. The summed E-state index contributed by atoms with van der Waals surface area (Å²) in [6, 6.07) is 12.6. The molecule has 0 aliphatic carbocycles. The van der Waals surface area contributed by atoms with Gasteiger partial charge >= 0.3 is 0 Å². The minimum absolute atomic E-state index is 0.390. The quantitative estimate of drug-likeness (QED) is 0.404. The van der Waals surface area contributed by atoms with E-state index in [1.807, 2.05) is 0 Å². The average molecular weight is 527 g/mol. The highest BCUT2D eigenvalue weighted by molar-refractivity contribution is 5.84. The lowest BCUT2D eigenvalue weighted by atomic mass is 9.73. The van der Waals surface area contributed by atoms with Crippen molar-refractivity contribution in [1.82, 2.24) is 15.2 Å². The van der Waals surface area contributed by atoms with Gasteiger partial charge in [-0.1, -0.05) is 18.2 Å². The number of alkyl halides is 1. The number of halogens is 3. The molecule has 2 fully saturated rings. The SMILES string of the molecule is CC1Cc2c([nH]c3ccccc23)CN1CC(C)(C)F.Fc1cc(F)cc(N2CCCC3(CCC2)CNC3)c1. The Hall–Kier alpha value is -2.51. The van der Waals surface area contributed by atoms with Crippen molar-refractivity contribution >= 4 is 16.6 Å². The van der Waals surface area contributed by atoms with E-state index in [4.69, 9.17) is 0 Å². The number of nitrogens with one attached hydrogen (secondary N) is 2. The Morgan fingerprint density at radius 1 is 1.00 bits per heavy atom. The first-order chi connectivity index (χ1) is 18.1. The fraction of sp³-hybridized carbons (Fsp3) is 0.548. The van der Waals surface area contributed by atoms with Crippen LogP contribution in [0.5, 0.6) is 0 Å². The first-order valence-electron chi connectivity index (χ1n) is 14.0. The molecule has 1 unspecified atom stereocenters. The van der Waals surface area contributed by atoms with Gasteiger partial charge in [-0.2, -0.15) is 0 Å². The molecule has 2 saturated heterocycles. The molecular weight excluding hydrogens is 485 g/mol. The lowest BCUT2D eigenvalue weighted by molar-refractivity contribution is 0.0853. The summed E-state index contributed by atoms with van der Waals surface area (Å²) >= 11 is 0. The summed E-state index contributed by atoms with van der Waals surface area (Å²) in [5.41, 5.74) is 3.91. The smallest absolute Gasteiger partial charge is 0.128 e. The van der Waals surface area contributed by atoms with Crippen molar-refractivity contribution in [3.63, 3.8) is 0 Å². The van der Waals surface area contributed by atoms with Crippen LogP contribution in [0.15, 0.2) is 42.5 Å². The topological polar surface area (TPSA) is 34.3 Å². The Labute approximate surface area is 224 Å². The third kappa shape index (κ3) is 6.20. The van der Waals surface area contributed by atoms with Crippen LogP contribution in [-0.2, 0) is 13.0 Å². The highest BCUT2D eigenvalue weighted by Crippen LogP contribution is 2.36. The normalized spacial score (nSPS) is 21.7. The highest BCUT2D eigenvalue weighted by Gasteiger charge is 2.36. The van der Waals surface area contributed by atoms with Gasteiger partial charge in [0.15, 0.2) is 0 Å². The van der Waals surface area contributed by atoms with Crippen LogP contribution < -0.4 is 10.2 Å². The molecule has 3 aliphatic heterocycles. The van der Waals surface area contributed by atoms with E-state index in [1.54, 1.807) is 13.8 Å². The lowest BCUT2D eigenvalue weighted by Gasteiger charge is -2.45. The van der Waals surface area contributed by atoms with E-state index in [0.29, 0.717) is 23.7 Å². The number of para-hydroxylation sites is 1. The lowest BCUT2D eigenvalue weighted by Crippen LogP contribution is -2.54. The van der Waals surface area contributed by atoms with E-state index in [9.17, 15) is 13.2 Å². The van der Waals surface area contributed by atoms with E-state index in [1.165, 1.54) is 47.1 Å². The largest absolute Gasteiger partial charge is 0.371 e. The summed E-state index contributed by atoms with van der Waals surface area (Å²) in [5, 5.41) is 4.69. The fourth-order valence-electron chi connectivity index (χ4n) is 6.44. The minimum Gasteiger partial charge on any atom is -0.371 e. The molecule has 3 aromatic rings. The molecule has 0 radical (unpaired) electrons. The fourth-order valence-corrected chi connectivity index (χ4v) is 6.44. The van der Waals surface area contributed by atoms with Crippen LogP contribution in [0.25, 0.3) is 10.9 Å². The second-order valence-corrected chi connectivity index (χ2v) is 12.2. The number of benzene rings is 2. The van der Waals surface area contributed by atoms with Crippen LogP contribution >= 0.6 is 0 Å². The predicted octanol–water partition coefficient (Wildman–Crippen LogP) is 6.60. The van der Waals surface area contributed by atoms with Crippen LogP contribution in [0, 0.1) is 17.0 Å². The van der Waals surface area contributed by atoms with Crippen LogP contribution in [0.1, 0.15) is 57.7 Å². The van der Waals surface area contributed by atoms with Crippen LogP contribution in [0.2, 0.25) is 0 Å². The molecule has 3 aliphatic rings. The molecule has 0 saturated carbocycles. The highest BCUT2D eigenvalue weighted by atomic mass is 19.1. The second kappa shape index (κ2) is 10.9. The number of hydrogen-bond acceptors (Lipinski definition) is 3. The van der Waals surface area contributed by atoms with Crippen molar-refractivity contribution in [1.29, 1.82) is 0 Å². The Kier molecular flexibility index (Phi) is 7.79. The number of nitrogens with zero attached hydrogens (tertiary/aromatic N) is 2. The maximum atomic E-state index is 13.9. The van der Waals surface area contributed by atoms with Crippen molar-refractivity contribution in [3.05, 3.63) is 65.4 Å². The number of aromatic nitrogens is 1. The standard InChI is InChI=1S/C16H21FN2.C15H20F2N2/c1-11-8-13-12-6-4-5-7-14(12)18-15(13)9-19(11)10-16(2,3)17;16-12-7-13(17)9-14(8-12)19-5-1-3-15(4-2-6-19)10-18-11-15/h4-7,11,18H,8-10H2,1-3H3;7-9,18H,1-6,10-11H2. The summed E-state index contributed by atoms with van der Waals surface area (Å²) in [5.74, 6) is -0.978. The number of H-pyrrole nitrogens is 1. The van der Waals surface area contributed by atoms with E-state index in [2.05, 4.69) is 51.3 Å². The maximum Gasteiger partial charge on any atom is 0.128 e. The Bertz CT molecular complexity index is 1210. The first kappa shape index (κ1) is 27.1. The molecule has 6 rings (SSSR count). The molecule has 2 N–H and O–H groups in total. The van der Waals surface area contributed by atoms with Gasteiger partial charge in [0, 0.05) is 73.7 Å². The van der Waals surface area contributed by atoms with Crippen molar-refractivity contribution in [2.45, 2.75) is 71.1 Å². The maximum absolute atomic E-state index is 13.9. The third-order valence-electron chi connectivity index (χ3n) is 8.45. The number of fused-ring (bicyclic) bond motifs is 3. The molecule has 0 amide bonds. The predicted molar refractivity (Wildman–Crippen MR) is 149 cm³/mol. The molecule has 38 heavy (non-hydrogen) atoms. The van der Waals surface area contributed by atoms with Gasteiger partial charge in [0.1, 0.15) is 17.3 Å². The van der Waals surface area contributed by atoms with E-state index < -0.39 is 17.3 Å². The van der Waals surface area contributed by atoms with Gasteiger partial charge in [-0.05, 0) is 82.1 Å². The average Bonchev–Trinajstić information content (AvgIpc) is 3.14. The Balaban J connectivity index is 0.000000155. The van der Waals surface area contributed by atoms with E-state index >= 15 is 0 Å². The zero-order valence-electron chi connectivity index (χ0n) is 22.9. The first-order valence-corrected chi connectivity index (χ1v) is 14.0. The zero-order chi connectivity index (χ0) is 26.9. The molecule has 1 atom stereocenters. The molecule has 4 heterocycles. The Morgan fingerprint density at radius 3 is 2.26 bits per heavy atom. The van der Waals surface area contributed by atoms with E-state index in [-0.39, 0.29) is 0 Å². The van der Waals surface area contributed by atoms with Gasteiger partial charge in [0.25, 0.3) is 0 Å².